The molecule has 0 aliphatic carbocycles. The van der Waals surface area contributed by atoms with Gasteiger partial charge < -0.3 is 10.0 Å². The highest BCUT2D eigenvalue weighted by atomic mass is 32.2. The van der Waals surface area contributed by atoms with Gasteiger partial charge in [0.1, 0.15) is 0 Å². The number of sulfone groups is 1. The summed E-state index contributed by atoms with van der Waals surface area (Å²) in [6, 6.07) is 4.47. The highest BCUT2D eigenvalue weighted by Crippen LogP contribution is 2.36. The Kier molecular flexibility index (Phi) is 2.85. The van der Waals surface area contributed by atoms with Crippen LogP contribution in [0.4, 0.5) is 5.69 Å². The number of benzene rings is 1. The molecule has 0 spiro atoms. The van der Waals surface area contributed by atoms with Gasteiger partial charge in [-0.25, -0.2) is 8.42 Å². The molecule has 1 aromatic carbocycles. The fourth-order valence-corrected chi connectivity index (χ4v) is 4.39. The summed E-state index contributed by atoms with van der Waals surface area (Å²) in [5.74, 6) is -1.30. The number of carbonyl (C=O) groups is 1. The Morgan fingerprint density at radius 3 is 2.56 bits per heavy atom. The standard InChI is InChI=1S/C12H15NO4S/c1-7-4-5-9-10(6-7)18(16,17)11(12(14)15)8(2)13(9)3/h4-6,8,11H,1-3H3,(H,14,15). The van der Waals surface area contributed by atoms with Crippen LogP contribution in [0.25, 0.3) is 0 Å². The van der Waals surface area contributed by atoms with Gasteiger partial charge in [-0.2, -0.15) is 0 Å². The van der Waals surface area contributed by atoms with Crippen LogP contribution in [0.2, 0.25) is 0 Å². The maximum atomic E-state index is 12.3. The number of rotatable bonds is 1. The van der Waals surface area contributed by atoms with E-state index in [1.807, 2.05) is 6.07 Å². The molecule has 6 heteroatoms. The molecule has 1 heterocycles. The van der Waals surface area contributed by atoms with Crippen molar-refractivity contribution in [3.8, 4) is 0 Å². The maximum Gasteiger partial charge on any atom is 0.324 e. The van der Waals surface area contributed by atoms with E-state index in [1.165, 1.54) is 6.07 Å². The molecule has 18 heavy (non-hydrogen) atoms. The van der Waals surface area contributed by atoms with Crippen LogP contribution in [0.1, 0.15) is 12.5 Å². The van der Waals surface area contributed by atoms with Gasteiger partial charge in [-0.05, 0) is 31.5 Å². The highest BCUT2D eigenvalue weighted by molar-refractivity contribution is 7.93. The van der Waals surface area contributed by atoms with Gasteiger partial charge in [0, 0.05) is 7.05 Å². The Labute approximate surface area is 106 Å². The number of aliphatic carboxylic acids is 1. The van der Waals surface area contributed by atoms with Crippen LogP contribution < -0.4 is 4.90 Å². The van der Waals surface area contributed by atoms with Crippen LogP contribution in [-0.2, 0) is 14.6 Å². The average molecular weight is 269 g/mol. The Morgan fingerprint density at radius 2 is 2.00 bits per heavy atom. The smallest absolute Gasteiger partial charge is 0.324 e. The number of hydrogen-bond acceptors (Lipinski definition) is 4. The predicted molar refractivity (Wildman–Crippen MR) is 67.7 cm³/mol. The van der Waals surface area contributed by atoms with Crippen LogP contribution in [-0.4, -0.2) is 37.8 Å². The van der Waals surface area contributed by atoms with Crippen LogP contribution >= 0.6 is 0 Å². The summed E-state index contributed by atoms with van der Waals surface area (Å²) in [5.41, 5.74) is 1.36. The van der Waals surface area contributed by atoms with Crippen LogP contribution in [0.15, 0.2) is 23.1 Å². The first-order chi connectivity index (χ1) is 8.26. The van der Waals surface area contributed by atoms with Crippen molar-refractivity contribution in [3.05, 3.63) is 23.8 Å². The largest absolute Gasteiger partial charge is 0.480 e. The van der Waals surface area contributed by atoms with E-state index in [0.29, 0.717) is 5.69 Å². The van der Waals surface area contributed by atoms with Crippen molar-refractivity contribution in [1.29, 1.82) is 0 Å². The van der Waals surface area contributed by atoms with Crippen molar-refractivity contribution < 1.29 is 18.3 Å². The second-order valence-electron chi connectivity index (χ2n) is 4.63. The van der Waals surface area contributed by atoms with Gasteiger partial charge in [0.05, 0.1) is 16.6 Å². The molecule has 0 saturated carbocycles. The average Bonchev–Trinajstić information content (AvgIpc) is 2.25. The monoisotopic (exact) mass is 269 g/mol. The minimum Gasteiger partial charge on any atom is -0.480 e. The second-order valence-corrected chi connectivity index (χ2v) is 6.66. The van der Waals surface area contributed by atoms with E-state index in [9.17, 15) is 13.2 Å². The molecule has 98 valence electrons. The van der Waals surface area contributed by atoms with E-state index >= 15 is 0 Å². The Hall–Kier alpha value is -1.56. The van der Waals surface area contributed by atoms with Crippen molar-refractivity contribution in [3.63, 3.8) is 0 Å². The van der Waals surface area contributed by atoms with Gasteiger partial charge >= 0.3 is 5.97 Å². The van der Waals surface area contributed by atoms with Gasteiger partial charge in [0.2, 0.25) is 0 Å². The van der Waals surface area contributed by atoms with Gasteiger partial charge in [0.15, 0.2) is 15.1 Å². The summed E-state index contributed by atoms with van der Waals surface area (Å²) >= 11 is 0. The quantitative estimate of drug-likeness (QED) is 0.825. The number of nitrogens with zero attached hydrogens (tertiary/aromatic N) is 1. The number of hydrogen-bond donors (Lipinski definition) is 1. The molecule has 0 saturated heterocycles. The first-order valence-corrected chi connectivity index (χ1v) is 7.11. The lowest BCUT2D eigenvalue weighted by atomic mass is 10.1. The molecule has 1 N–H and O–H groups in total. The molecule has 0 bridgehead atoms. The molecule has 5 nitrogen and oxygen atoms in total. The molecule has 0 fully saturated rings. The van der Waals surface area contributed by atoms with Crippen LogP contribution in [0, 0.1) is 6.92 Å². The van der Waals surface area contributed by atoms with Crippen molar-refractivity contribution in [2.45, 2.75) is 30.0 Å². The number of anilines is 1. The van der Waals surface area contributed by atoms with E-state index in [0.717, 1.165) is 5.56 Å². The first kappa shape index (κ1) is 12.9. The Balaban J connectivity index is 2.75. The SMILES string of the molecule is Cc1ccc2c(c1)S(=O)(=O)C(C(=O)O)C(C)N2C. The predicted octanol–water partition coefficient (Wildman–Crippen LogP) is 1.06. The second kappa shape index (κ2) is 3.98. The number of carboxylic acids is 1. The summed E-state index contributed by atoms with van der Waals surface area (Å²) in [6.07, 6.45) is 0. The van der Waals surface area contributed by atoms with E-state index in [1.54, 1.807) is 31.9 Å². The lowest BCUT2D eigenvalue weighted by Gasteiger charge is -2.37. The van der Waals surface area contributed by atoms with Gasteiger partial charge in [0.25, 0.3) is 0 Å². The molecule has 1 aliphatic heterocycles. The molecule has 0 radical (unpaired) electrons. The van der Waals surface area contributed by atoms with Gasteiger partial charge in [-0.3, -0.25) is 4.79 Å². The molecule has 0 aromatic heterocycles. The van der Waals surface area contributed by atoms with E-state index in [-0.39, 0.29) is 4.90 Å². The zero-order chi connectivity index (χ0) is 13.7. The first-order valence-electron chi connectivity index (χ1n) is 5.57. The van der Waals surface area contributed by atoms with E-state index in [2.05, 4.69) is 0 Å². The van der Waals surface area contributed by atoms with Crippen LogP contribution in [0.5, 0.6) is 0 Å². The minimum absolute atomic E-state index is 0.107. The molecule has 2 unspecified atom stereocenters. The lowest BCUT2D eigenvalue weighted by molar-refractivity contribution is -0.136. The van der Waals surface area contributed by atoms with E-state index in [4.69, 9.17) is 5.11 Å². The van der Waals surface area contributed by atoms with Crippen molar-refractivity contribution in [2.24, 2.45) is 0 Å². The number of carboxylic acid groups (broad SMARTS) is 1. The molecule has 2 rings (SSSR count). The third-order valence-corrected chi connectivity index (χ3v) is 5.63. The van der Waals surface area contributed by atoms with Crippen molar-refractivity contribution in [1.82, 2.24) is 0 Å². The van der Waals surface area contributed by atoms with Crippen molar-refractivity contribution >= 4 is 21.5 Å². The number of fused-ring (bicyclic) bond motifs is 1. The normalized spacial score (nSPS) is 25.6. The van der Waals surface area contributed by atoms with Gasteiger partial charge in [-0.15, -0.1) is 0 Å². The molecular formula is C12H15NO4S. The fraction of sp³-hybridized carbons (Fsp3) is 0.417. The summed E-state index contributed by atoms with van der Waals surface area (Å²) in [4.78, 5) is 13.0. The molecule has 1 aromatic rings. The third kappa shape index (κ3) is 1.68. The molecule has 0 amide bonds. The summed E-state index contributed by atoms with van der Waals surface area (Å²) in [6.45, 7) is 3.39. The lowest BCUT2D eigenvalue weighted by Crippen LogP contribution is -2.51. The summed E-state index contributed by atoms with van der Waals surface area (Å²) in [7, 11) is -2.12. The molecule has 1 aliphatic rings. The summed E-state index contributed by atoms with van der Waals surface area (Å²) in [5, 5.41) is 7.73. The summed E-state index contributed by atoms with van der Waals surface area (Å²) < 4.78 is 24.7. The zero-order valence-electron chi connectivity index (χ0n) is 10.4. The number of aryl methyl sites for hydroxylation is 1. The molecular weight excluding hydrogens is 254 g/mol. The third-order valence-electron chi connectivity index (χ3n) is 3.43. The van der Waals surface area contributed by atoms with E-state index < -0.39 is 27.1 Å². The van der Waals surface area contributed by atoms with Crippen molar-refractivity contribution in [2.75, 3.05) is 11.9 Å². The zero-order valence-corrected chi connectivity index (χ0v) is 11.2. The van der Waals surface area contributed by atoms with Crippen LogP contribution in [0.3, 0.4) is 0 Å². The van der Waals surface area contributed by atoms with Gasteiger partial charge in [-0.1, -0.05) is 6.07 Å². The highest BCUT2D eigenvalue weighted by Gasteiger charge is 2.46. The topological polar surface area (TPSA) is 74.7 Å². The Bertz CT molecular complexity index is 609. The fourth-order valence-electron chi connectivity index (χ4n) is 2.30. The minimum atomic E-state index is -3.83. The maximum absolute atomic E-state index is 12.3. The Morgan fingerprint density at radius 1 is 1.39 bits per heavy atom. The molecule has 2 atom stereocenters.